The monoisotopic (exact) mass is 293 g/mol. The largest absolute Gasteiger partial charge is 0.378 e. The summed E-state index contributed by atoms with van der Waals surface area (Å²) in [6.07, 6.45) is 5.35. The van der Waals surface area contributed by atoms with E-state index < -0.39 is 0 Å². The summed E-state index contributed by atoms with van der Waals surface area (Å²) in [5.74, 6) is -0.147. The maximum Gasteiger partial charge on any atom is 0.251 e. The van der Waals surface area contributed by atoms with Crippen LogP contribution >= 0.6 is 11.6 Å². The fourth-order valence-electron chi connectivity index (χ4n) is 1.66. The van der Waals surface area contributed by atoms with Gasteiger partial charge < -0.3 is 14.6 Å². The van der Waals surface area contributed by atoms with Crippen molar-refractivity contribution in [3.63, 3.8) is 0 Å². The Morgan fingerprint density at radius 1 is 1.40 bits per heavy atom. The van der Waals surface area contributed by atoms with Gasteiger partial charge in [-0.05, 0) is 18.2 Å². The van der Waals surface area contributed by atoms with Crippen molar-refractivity contribution in [1.29, 1.82) is 0 Å². The zero-order valence-electron chi connectivity index (χ0n) is 11.0. The molecule has 1 aromatic heterocycles. The average molecular weight is 294 g/mol. The summed E-state index contributed by atoms with van der Waals surface area (Å²) in [5, 5.41) is 3.33. The molecule has 0 aliphatic heterocycles. The predicted molar refractivity (Wildman–Crippen MR) is 76.8 cm³/mol. The number of halogens is 1. The Morgan fingerprint density at radius 3 is 3.05 bits per heavy atom. The molecular weight excluding hydrogens is 278 g/mol. The molecular formula is C14H16ClN3O2. The van der Waals surface area contributed by atoms with Crippen LogP contribution < -0.4 is 5.32 Å². The van der Waals surface area contributed by atoms with E-state index in [0.29, 0.717) is 30.3 Å². The third-order valence-corrected chi connectivity index (χ3v) is 2.91. The van der Waals surface area contributed by atoms with E-state index in [0.717, 1.165) is 6.54 Å². The van der Waals surface area contributed by atoms with Crippen molar-refractivity contribution in [3.05, 3.63) is 53.6 Å². The molecule has 0 saturated carbocycles. The topological polar surface area (TPSA) is 56.1 Å². The first-order valence-corrected chi connectivity index (χ1v) is 6.71. The first kappa shape index (κ1) is 14.6. The molecule has 1 aromatic carbocycles. The van der Waals surface area contributed by atoms with Crippen LogP contribution in [0, 0.1) is 0 Å². The summed E-state index contributed by atoms with van der Waals surface area (Å²) in [6.45, 7) is 2.28. The summed E-state index contributed by atoms with van der Waals surface area (Å²) in [4.78, 5) is 15.7. The third kappa shape index (κ3) is 4.68. The van der Waals surface area contributed by atoms with Crippen molar-refractivity contribution >= 4 is 17.5 Å². The molecule has 0 spiro atoms. The second-order valence-corrected chi connectivity index (χ2v) is 4.62. The molecule has 0 aliphatic rings. The number of aromatic nitrogens is 2. The van der Waals surface area contributed by atoms with Crippen molar-refractivity contribution in [3.8, 4) is 0 Å². The Labute approximate surface area is 122 Å². The smallest absolute Gasteiger partial charge is 0.251 e. The quantitative estimate of drug-likeness (QED) is 0.794. The number of hydrogen-bond acceptors (Lipinski definition) is 3. The molecule has 0 unspecified atom stereocenters. The summed E-state index contributed by atoms with van der Waals surface area (Å²) < 4.78 is 7.36. The number of nitrogens with zero attached hydrogens (tertiary/aromatic N) is 2. The lowest BCUT2D eigenvalue weighted by atomic mass is 10.2. The van der Waals surface area contributed by atoms with Crippen molar-refractivity contribution in [1.82, 2.24) is 14.9 Å². The number of ether oxygens (including phenoxy) is 1. The highest BCUT2D eigenvalue weighted by Gasteiger charge is 2.04. The van der Waals surface area contributed by atoms with Crippen LogP contribution in [-0.2, 0) is 11.3 Å². The van der Waals surface area contributed by atoms with E-state index in [1.54, 1.807) is 36.8 Å². The minimum absolute atomic E-state index is 0.147. The standard InChI is InChI=1S/C14H16ClN3O2/c15-13-3-1-2-12(10-13)14(19)17-5-8-20-9-7-18-6-4-16-11-18/h1-4,6,10-11H,5,7-9H2,(H,17,19). The molecule has 0 saturated heterocycles. The molecule has 20 heavy (non-hydrogen) atoms. The van der Waals surface area contributed by atoms with Gasteiger partial charge in [0.25, 0.3) is 5.91 Å². The minimum Gasteiger partial charge on any atom is -0.378 e. The molecule has 0 radical (unpaired) electrons. The Balaban J connectivity index is 1.60. The van der Waals surface area contributed by atoms with Gasteiger partial charge in [-0.3, -0.25) is 4.79 Å². The second-order valence-electron chi connectivity index (χ2n) is 4.18. The summed E-state index contributed by atoms with van der Waals surface area (Å²) in [7, 11) is 0. The molecule has 0 bridgehead atoms. The molecule has 106 valence electrons. The van der Waals surface area contributed by atoms with Gasteiger partial charge in [-0.15, -0.1) is 0 Å². The van der Waals surface area contributed by atoms with Gasteiger partial charge in [-0.25, -0.2) is 4.98 Å². The average Bonchev–Trinajstić information content (AvgIpc) is 2.95. The molecule has 0 atom stereocenters. The van der Waals surface area contributed by atoms with Gasteiger partial charge in [0.15, 0.2) is 0 Å². The summed E-state index contributed by atoms with van der Waals surface area (Å²) >= 11 is 5.83. The fraction of sp³-hybridized carbons (Fsp3) is 0.286. The maximum atomic E-state index is 11.8. The molecule has 2 rings (SSSR count). The van der Waals surface area contributed by atoms with Gasteiger partial charge in [-0.2, -0.15) is 0 Å². The van der Waals surface area contributed by atoms with E-state index in [1.165, 1.54) is 0 Å². The van der Waals surface area contributed by atoms with Gasteiger partial charge in [0, 0.05) is 36.1 Å². The zero-order chi connectivity index (χ0) is 14.2. The van der Waals surface area contributed by atoms with Crippen LogP contribution in [0.3, 0.4) is 0 Å². The maximum absolute atomic E-state index is 11.8. The number of carbonyl (C=O) groups is 1. The summed E-state index contributed by atoms with van der Waals surface area (Å²) in [6, 6.07) is 6.84. The third-order valence-electron chi connectivity index (χ3n) is 2.67. The molecule has 0 aliphatic carbocycles. The molecule has 2 aromatic rings. The van der Waals surface area contributed by atoms with E-state index in [-0.39, 0.29) is 5.91 Å². The normalized spacial score (nSPS) is 10.4. The lowest BCUT2D eigenvalue weighted by Gasteiger charge is -2.07. The highest BCUT2D eigenvalue weighted by atomic mass is 35.5. The van der Waals surface area contributed by atoms with Crippen LogP contribution in [0.15, 0.2) is 43.0 Å². The van der Waals surface area contributed by atoms with Crippen molar-refractivity contribution < 1.29 is 9.53 Å². The highest BCUT2D eigenvalue weighted by Crippen LogP contribution is 2.10. The Morgan fingerprint density at radius 2 is 2.30 bits per heavy atom. The number of benzene rings is 1. The van der Waals surface area contributed by atoms with E-state index in [9.17, 15) is 4.79 Å². The van der Waals surface area contributed by atoms with Crippen molar-refractivity contribution in [2.75, 3.05) is 19.8 Å². The van der Waals surface area contributed by atoms with E-state index in [4.69, 9.17) is 16.3 Å². The van der Waals surface area contributed by atoms with Gasteiger partial charge in [-0.1, -0.05) is 17.7 Å². The first-order valence-electron chi connectivity index (χ1n) is 6.33. The molecule has 0 fully saturated rings. The highest BCUT2D eigenvalue weighted by molar-refractivity contribution is 6.30. The number of imidazole rings is 1. The number of rotatable bonds is 7. The van der Waals surface area contributed by atoms with Crippen LogP contribution in [0.5, 0.6) is 0 Å². The Kier molecular flexibility index (Phi) is 5.58. The molecule has 6 heteroatoms. The number of amides is 1. The Hall–Kier alpha value is -1.85. The summed E-state index contributed by atoms with van der Waals surface area (Å²) in [5.41, 5.74) is 0.552. The van der Waals surface area contributed by atoms with Gasteiger partial charge >= 0.3 is 0 Å². The lowest BCUT2D eigenvalue weighted by molar-refractivity contribution is 0.0908. The van der Waals surface area contributed by atoms with E-state index in [1.807, 2.05) is 10.8 Å². The molecule has 1 N–H and O–H groups in total. The Bertz CT molecular complexity index is 543. The SMILES string of the molecule is O=C(NCCOCCn1ccnc1)c1cccc(Cl)c1. The van der Waals surface area contributed by atoms with Gasteiger partial charge in [0.1, 0.15) is 0 Å². The molecule has 5 nitrogen and oxygen atoms in total. The van der Waals surface area contributed by atoms with Crippen molar-refractivity contribution in [2.45, 2.75) is 6.54 Å². The zero-order valence-corrected chi connectivity index (χ0v) is 11.7. The fourth-order valence-corrected chi connectivity index (χ4v) is 1.85. The number of carbonyl (C=O) groups excluding carboxylic acids is 1. The van der Waals surface area contributed by atoms with Crippen LogP contribution in [0.25, 0.3) is 0 Å². The van der Waals surface area contributed by atoms with Crippen LogP contribution in [0.1, 0.15) is 10.4 Å². The second kappa shape index (κ2) is 7.67. The van der Waals surface area contributed by atoms with E-state index >= 15 is 0 Å². The molecule has 1 heterocycles. The number of nitrogens with one attached hydrogen (secondary N) is 1. The van der Waals surface area contributed by atoms with Crippen LogP contribution in [0.2, 0.25) is 5.02 Å². The van der Waals surface area contributed by atoms with Crippen molar-refractivity contribution in [2.24, 2.45) is 0 Å². The van der Waals surface area contributed by atoms with Gasteiger partial charge in [0.2, 0.25) is 0 Å². The van der Waals surface area contributed by atoms with E-state index in [2.05, 4.69) is 10.3 Å². The first-order chi connectivity index (χ1) is 9.75. The van der Waals surface area contributed by atoms with Crippen LogP contribution in [-0.4, -0.2) is 35.2 Å². The number of hydrogen-bond donors (Lipinski definition) is 1. The van der Waals surface area contributed by atoms with Gasteiger partial charge in [0.05, 0.1) is 19.5 Å². The molecule has 1 amide bonds. The van der Waals surface area contributed by atoms with Crippen LogP contribution in [0.4, 0.5) is 0 Å². The minimum atomic E-state index is -0.147. The lowest BCUT2D eigenvalue weighted by Crippen LogP contribution is -2.27. The predicted octanol–water partition coefficient (Wildman–Crippen LogP) is 1.98.